The number of aromatic nitrogens is 5. The Bertz CT molecular complexity index is 1640. The van der Waals surface area contributed by atoms with Crippen molar-refractivity contribution in [2.24, 2.45) is 5.92 Å². The molecule has 6 rings (SSSR count). The Morgan fingerprint density at radius 1 is 1.21 bits per heavy atom. The molecule has 4 aromatic heterocycles. The Kier molecular flexibility index (Phi) is 5.79. The Labute approximate surface area is 220 Å². The normalized spacial score (nSPS) is 15.4. The fraction of sp³-hybridized carbons (Fsp3) is 0.320. The molecule has 1 aliphatic heterocycles. The monoisotopic (exact) mass is 533 g/mol. The third-order valence-electron chi connectivity index (χ3n) is 6.75. The number of carboxylic acid groups (broad SMARTS) is 1. The summed E-state index contributed by atoms with van der Waals surface area (Å²) < 4.78 is 11.1. The average molecular weight is 534 g/mol. The van der Waals surface area contributed by atoms with Crippen LogP contribution in [-0.4, -0.2) is 61.1 Å². The van der Waals surface area contributed by atoms with Gasteiger partial charge in [0.15, 0.2) is 5.65 Å². The highest BCUT2D eigenvalue weighted by Gasteiger charge is 2.35. The number of ether oxygens (including phenoxy) is 1. The number of aryl methyl sites for hydroxylation is 1. The predicted octanol–water partition coefficient (Wildman–Crippen LogP) is 2.60. The number of hydrogen-bond acceptors (Lipinski definition) is 10. The lowest BCUT2D eigenvalue weighted by atomic mass is 9.98. The second-order valence-electron chi connectivity index (χ2n) is 9.43. The number of carbonyl (C=O) groups excluding carboxylic acids is 1. The maximum Gasteiger partial charge on any atom is 0.341 e. The lowest BCUT2D eigenvalue weighted by Gasteiger charge is -2.39. The second-order valence-corrected chi connectivity index (χ2v) is 10.2. The van der Waals surface area contributed by atoms with Crippen molar-refractivity contribution in [1.82, 2.24) is 23.9 Å². The van der Waals surface area contributed by atoms with Crippen molar-refractivity contribution in [1.29, 1.82) is 0 Å². The van der Waals surface area contributed by atoms with Crippen LogP contribution >= 0.6 is 11.5 Å². The summed E-state index contributed by atoms with van der Waals surface area (Å²) >= 11 is 1.15. The third kappa shape index (κ3) is 4.24. The Hall–Kier alpha value is -4.39. The molecule has 0 aromatic carbocycles. The van der Waals surface area contributed by atoms with Crippen LogP contribution in [0, 0.1) is 12.8 Å². The molecule has 0 atom stereocenters. The first-order valence-electron chi connectivity index (χ1n) is 12.0. The number of amides is 1. The molecule has 1 saturated heterocycles. The van der Waals surface area contributed by atoms with Gasteiger partial charge in [0.25, 0.3) is 0 Å². The van der Waals surface area contributed by atoms with Crippen molar-refractivity contribution in [2.75, 3.05) is 30.4 Å². The van der Waals surface area contributed by atoms with Crippen LogP contribution in [-0.2, 0) is 4.79 Å². The number of anilines is 2. The first kappa shape index (κ1) is 24.0. The Morgan fingerprint density at radius 3 is 2.66 bits per heavy atom. The molecule has 13 heteroatoms. The zero-order valence-electron chi connectivity index (χ0n) is 20.5. The van der Waals surface area contributed by atoms with Gasteiger partial charge in [-0.05, 0) is 43.5 Å². The number of hydrogen-bond donors (Lipinski definition) is 2. The van der Waals surface area contributed by atoms with E-state index in [-0.39, 0.29) is 22.8 Å². The lowest BCUT2D eigenvalue weighted by molar-refractivity contribution is -0.120. The topological polar surface area (TPSA) is 152 Å². The van der Waals surface area contributed by atoms with Crippen molar-refractivity contribution in [3.05, 3.63) is 57.8 Å². The van der Waals surface area contributed by atoms with Crippen molar-refractivity contribution >= 4 is 46.1 Å². The van der Waals surface area contributed by atoms with Gasteiger partial charge in [-0.2, -0.15) is 4.37 Å². The van der Waals surface area contributed by atoms with Crippen molar-refractivity contribution in [2.45, 2.75) is 25.7 Å². The van der Waals surface area contributed by atoms with E-state index in [1.807, 2.05) is 4.90 Å². The maximum atomic E-state index is 13.1. The number of carboxylic acids is 1. The molecule has 0 spiro atoms. The van der Waals surface area contributed by atoms with E-state index < -0.39 is 11.4 Å². The van der Waals surface area contributed by atoms with Crippen molar-refractivity contribution in [3.8, 4) is 10.9 Å². The molecule has 0 bridgehead atoms. The van der Waals surface area contributed by atoms with Crippen LogP contribution in [0.4, 0.5) is 11.6 Å². The summed E-state index contributed by atoms with van der Waals surface area (Å²) in [5.41, 5.74) is -0.0517. The first-order valence-corrected chi connectivity index (χ1v) is 12.8. The fourth-order valence-corrected chi connectivity index (χ4v) is 5.13. The molecule has 0 radical (unpaired) electrons. The first-order chi connectivity index (χ1) is 18.3. The number of nitrogens with one attached hydrogen (secondary N) is 1. The van der Waals surface area contributed by atoms with Crippen LogP contribution in [0.2, 0.25) is 0 Å². The number of nitrogens with zero attached hydrogens (tertiary/aromatic N) is 6. The van der Waals surface area contributed by atoms with Gasteiger partial charge >= 0.3 is 5.97 Å². The quantitative estimate of drug-likeness (QED) is 0.362. The van der Waals surface area contributed by atoms with Crippen LogP contribution in [0.25, 0.3) is 16.2 Å². The minimum Gasteiger partial charge on any atom is -0.495 e. The Morgan fingerprint density at radius 2 is 2.00 bits per heavy atom. The van der Waals surface area contributed by atoms with Gasteiger partial charge in [0.05, 0.1) is 24.6 Å². The number of aromatic carboxylic acids is 1. The summed E-state index contributed by atoms with van der Waals surface area (Å²) in [4.78, 5) is 53.1. The van der Waals surface area contributed by atoms with Gasteiger partial charge < -0.3 is 20.1 Å². The third-order valence-corrected chi connectivity index (χ3v) is 7.48. The molecule has 38 heavy (non-hydrogen) atoms. The van der Waals surface area contributed by atoms with Crippen LogP contribution in [0.1, 0.15) is 40.5 Å². The van der Waals surface area contributed by atoms with Gasteiger partial charge in [0, 0.05) is 36.7 Å². The van der Waals surface area contributed by atoms with Crippen molar-refractivity contribution in [3.63, 3.8) is 0 Å². The average Bonchev–Trinajstić information content (AvgIpc) is 3.60. The number of rotatable bonds is 7. The molecular weight excluding hydrogens is 510 g/mol. The summed E-state index contributed by atoms with van der Waals surface area (Å²) in [5.74, 6) is 0.945. The van der Waals surface area contributed by atoms with E-state index >= 15 is 0 Å². The molecule has 194 valence electrons. The minimum absolute atomic E-state index is 0.152. The van der Waals surface area contributed by atoms with E-state index in [0.29, 0.717) is 52.7 Å². The maximum absolute atomic E-state index is 13.1. The number of methoxy groups -OCH3 is 1. The summed E-state index contributed by atoms with van der Waals surface area (Å²) in [7, 11) is 1.55. The van der Waals surface area contributed by atoms with Crippen LogP contribution in [0.15, 0.2) is 35.4 Å². The molecule has 2 N–H and O–H groups in total. The van der Waals surface area contributed by atoms with E-state index in [1.165, 1.54) is 12.4 Å². The summed E-state index contributed by atoms with van der Waals surface area (Å²) in [6.45, 7) is 2.62. The number of carbonyl (C=O) groups is 2. The zero-order chi connectivity index (χ0) is 26.6. The van der Waals surface area contributed by atoms with E-state index in [9.17, 15) is 19.5 Å². The highest BCUT2D eigenvalue weighted by molar-refractivity contribution is 7.08. The van der Waals surface area contributed by atoms with E-state index in [1.54, 1.807) is 36.8 Å². The number of fused-ring (bicyclic) bond motifs is 1. The van der Waals surface area contributed by atoms with Gasteiger partial charge in [-0.3, -0.25) is 14.2 Å². The standard InChI is InChI=1S/C25H23N7O5S/c1-12-7-18(31-9-14(10-31)23(34)27-17-6-5-15(37-2)8-26-17)28-22-19(12)20(33)16(24(35)36)11-32(22)25-29-21(30-38-25)13-3-4-13/h5-8,11,13-14H,3-4,9-10H2,1-2H3,(H,35,36)(H,26,27,34). The summed E-state index contributed by atoms with van der Waals surface area (Å²) in [6.07, 6.45) is 4.86. The van der Waals surface area contributed by atoms with Gasteiger partial charge in [0.2, 0.25) is 16.5 Å². The largest absolute Gasteiger partial charge is 0.495 e. The smallest absolute Gasteiger partial charge is 0.341 e. The van der Waals surface area contributed by atoms with E-state index in [4.69, 9.17) is 9.72 Å². The molecule has 1 aliphatic carbocycles. The second kappa shape index (κ2) is 9.17. The summed E-state index contributed by atoms with van der Waals surface area (Å²) in [6, 6.07) is 5.14. The molecule has 4 aromatic rings. The van der Waals surface area contributed by atoms with Gasteiger partial charge in [-0.1, -0.05) is 0 Å². The van der Waals surface area contributed by atoms with Crippen LogP contribution in [0.3, 0.4) is 0 Å². The van der Waals surface area contributed by atoms with E-state index in [2.05, 4.69) is 19.7 Å². The molecular formula is C25H23N7O5S. The van der Waals surface area contributed by atoms with E-state index in [0.717, 1.165) is 30.2 Å². The van der Waals surface area contributed by atoms with Crippen molar-refractivity contribution < 1.29 is 19.4 Å². The SMILES string of the molecule is COc1ccc(NC(=O)C2CN(c3cc(C)c4c(=O)c(C(=O)O)cn(-c5nc(C6CC6)ns5)c4n3)C2)nc1. The van der Waals surface area contributed by atoms with Crippen LogP contribution in [0.5, 0.6) is 5.75 Å². The molecule has 2 aliphatic rings. The van der Waals surface area contributed by atoms with Gasteiger partial charge in [-0.25, -0.2) is 19.7 Å². The lowest BCUT2D eigenvalue weighted by Crippen LogP contribution is -2.52. The molecule has 12 nitrogen and oxygen atoms in total. The molecule has 0 unspecified atom stereocenters. The number of pyridine rings is 3. The molecule has 1 saturated carbocycles. The highest BCUT2D eigenvalue weighted by Crippen LogP contribution is 2.39. The fourth-order valence-electron chi connectivity index (χ4n) is 4.40. The minimum atomic E-state index is -1.32. The van der Waals surface area contributed by atoms with Crippen LogP contribution < -0.4 is 20.4 Å². The zero-order valence-corrected chi connectivity index (χ0v) is 21.4. The molecule has 1 amide bonds. The molecule has 5 heterocycles. The summed E-state index contributed by atoms with van der Waals surface area (Å²) in [5, 5.41) is 13.2. The molecule has 2 fully saturated rings. The highest BCUT2D eigenvalue weighted by atomic mass is 32.1. The van der Waals surface area contributed by atoms with Gasteiger partial charge in [0.1, 0.15) is 28.8 Å². The predicted molar refractivity (Wildman–Crippen MR) is 140 cm³/mol. The van der Waals surface area contributed by atoms with Gasteiger partial charge in [-0.15, -0.1) is 0 Å². The Balaban J connectivity index is 1.30.